The summed E-state index contributed by atoms with van der Waals surface area (Å²) < 4.78 is 6.33. The molecule has 0 N–H and O–H groups in total. The number of imidazole rings is 1. The molecule has 8 heteroatoms. The summed E-state index contributed by atoms with van der Waals surface area (Å²) in [7, 11) is 3.15. The Morgan fingerprint density at radius 1 is 1.69 bits per heavy atom. The van der Waals surface area contributed by atoms with Gasteiger partial charge in [-0.25, -0.2) is 4.79 Å². The van der Waals surface area contributed by atoms with Crippen LogP contribution in [0, 0.1) is 10.1 Å². The summed E-state index contributed by atoms with van der Waals surface area (Å²) in [6.45, 7) is 0.477. The minimum absolute atomic E-state index is 0.143. The van der Waals surface area contributed by atoms with Crippen LogP contribution in [-0.4, -0.2) is 46.2 Å². The Balaban J connectivity index is 2.37. The third kappa shape index (κ3) is 3.23. The highest BCUT2D eigenvalue weighted by atomic mass is 16.6. The van der Waals surface area contributed by atoms with Crippen LogP contribution in [-0.2, 0) is 11.3 Å². The topological polar surface area (TPSA) is 90.5 Å². The van der Waals surface area contributed by atoms with Crippen molar-refractivity contribution in [3.63, 3.8) is 0 Å². The molecule has 1 aromatic rings. The fraction of sp³-hybridized carbons (Fsp3) is 0.500. The van der Waals surface area contributed by atoms with Crippen molar-refractivity contribution >= 4 is 11.9 Å². The summed E-state index contributed by atoms with van der Waals surface area (Å²) in [5.74, 6) is -0.223. The van der Waals surface area contributed by atoms with Gasteiger partial charge in [-0.05, 0) is 9.91 Å². The molecule has 88 valence electrons. The minimum atomic E-state index is -0.581. The van der Waals surface area contributed by atoms with Gasteiger partial charge in [-0.15, -0.1) is 0 Å². The van der Waals surface area contributed by atoms with Crippen LogP contribution in [0.15, 0.2) is 12.5 Å². The summed E-state index contributed by atoms with van der Waals surface area (Å²) in [4.78, 5) is 25.6. The number of hydrogen-bond donors (Lipinski definition) is 0. The molecule has 0 aliphatic heterocycles. The average Bonchev–Trinajstić information content (AvgIpc) is 2.66. The van der Waals surface area contributed by atoms with Crippen LogP contribution in [0.1, 0.15) is 0 Å². The first-order valence-corrected chi connectivity index (χ1v) is 4.51. The molecular formula is C8H12N4O4. The largest absolute Gasteiger partial charge is 0.448 e. The lowest BCUT2D eigenvalue weighted by molar-refractivity contribution is -0.389. The molecule has 16 heavy (non-hydrogen) atoms. The van der Waals surface area contributed by atoms with E-state index in [4.69, 9.17) is 4.74 Å². The Labute approximate surface area is 91.6 Å². The van der Waals surface area contributed by atoms with Crippen LogP contribution >= 0.6 is 0 Å². The first-order chi connectivity index (χ1) is 7.50. The van der Waals surface area contributed by atoms with Crippen molar-refractivity contribution in [1.82, 2.24) is 14.5 Å². The lowest BCUT2D eigenvalue weighted by atomic mass is 10.6. The number of nitro groups is 1. The van der Waals surface area contributed by atoms with Crippen LogP contribution in [0.3, 0.4) is 0 Å². The maximum atomic E-state index is 11.0. The molecule has 0 atom stereocenters. The van der Waals surface area contributed by atoms with Crippen LogP contribution in [0.5, 0.6) is 0 Å². The van der Waals surface area contributed by atoms with Gasteiger partial charge >= 0.3 is 11.9 Å². The number of hydrogen-bond acceptors (Lipinski definition) is 5. The fourth-order valence-corrected chi connectivity index (χ4v) is 0.932. The van der Waals surface area contributed by atoms with Crippen LogP contribution < -0.4 is 0 Å². The second kappa shape index (κ2) is 5.10. The van der Waals surface area contributed by atoms with Gasteiger partial charge in [0.1, 0.15) is 12.8 Å². The maximum absolute atomic E-state index is 11.0. The summed E-state index contributed by atoms with van der Waals surface area (Å²) in [5.41, 5.74) is 0. The molecule has 0 aliphatic rings. The first-order valence-electron chi connectivity index (χ1n) is 4.51. The van der Waals surface area contributed by atoms with E-state index in [0.29, 0.717) is 6.54 Å². The Kier molecular flexibility index (Phi) is 3.81. The molecule has 0 saturated heterocycles. The Bertz CT molecular complexity index is 387. The molecule has 8 nitrogen and oxygen atoms in total. The van der Waals surface area contributed by atoms with E-state index in [0.717, 1.165) is 0 Å². The van der Waals surface area contributed by atoms with Crippen molar-refractivity contribution in [2.45, 2.75) is 6.54 Å². The highest BCUT2D eigenvalue weighted by Crippen LogP contribution is 2.05. The Morgan fingerprint density at radius 2 is 2.38 bits per heavy atom. The second-order valence-corrected chi connectivity index (χ2v) is 3.24. The highest BCUT2D eigenvalue weighted by molar-refractivity contribution is 5.66. The van der Waals surface area contributed by atoms with Crippen LogP contribution in [0.25, 0.3) is 0 Å². The molecular weight excluding hydrogens is 216 g/mol. The molecule has 0 spiro atoms. The second-order valence-electron chi connectivity index (χ2n) is 3.24. The molecule has 0 bridgehead atoms. The Hall–Kier alpha value is -2.12. The highest BCUT2D eigenvalue weighted by Gasteiger charge is 2.10. The van der Waals surface area contributed by atoms with E-state index in [2.05, 4.69) is 4.98 Å². The van der Waals surface area contributed by atoms with E-state index < -0.39 is 11.0 Å². The van der Waals surface area contributed by atoms with Gasteiger partial charge in [0.25, 0.3) is 0 Å². The zero-order chi connectivity index (χ0) is 12.1. The van der Waals surface area contributed by atoms with Gasteiger partial charge in [-0.2, -0.15) is 0 Å². The number of ether oxygens (including phenoxy) is 1. The summed E-state index contributed by atoms with van der Waals surface area (Å²) >= 11 is 0. The third-order valence-corrected chi connectivity index (χ3v) is 1.75. The van der Waals surface area contributed by atoms with Gasteiger partial charge < -0.3 is 24.3 Å². The lowest BCUT2D eigenvalue weighted by Crippen LogP contribution is -2.24. The number of nitrogens with zero attached hydrogens (tertiary/aromatic N) is 4. The van der Waals surface area contributed by atoms with E-state index in [9.17, 15) is 14.9 Å². The van der Waals surface area contributed by atoms with E-state index in [1.807, 2.05) is 0 Å². The van der Waals surface area contributed by atoms with E-state index in [-0.39, 0.29) is 12.4 Å². The molecule has 0 aliphatic carbocycles. The van der Waals surface area contributed by atoms with Gasteiger partial charge in [0.05, 0.1) is 6.54 Å². The summed E-state index contributed by atoms with van der Waals surface area (Å²) in [6.07, 6.45) is 2.15. The Morgan fingerprint density at radius 3 is 2.88 bits per heavy atom. The average molecular weight is 228 g/mol. The number of carbonyl (C=O) groups is 1. The minimum Gasteiger partial charge on any atom is -0.448 e. The smallest absolute Gasteiger partial charge is 0.409 e. The molecule has 0 saturated carbocycles. The molecule has 1 aromatic heterocycles. The van der Waals surface area contributed by atoms with Crippen LogP contribution in [0.2, 0.25) is 0 Å². The number of aromatic nitrogens is 2. The van der Waals surface area contributed by atoms with Gasteiger partial charge in [-0.1, -0.05) is 0 Å². The van der Waals surface area contributed by atoms with Gasteiger partial charge in [-0.3, -0.25) is 0 Å². The maximum Gasteiger partial charge on any atom is 0.409 e. The SMILES string of the molecule is CN(C)C(=O)OCCn1cnc([N+](=O)[O-])c1. The van der Waals surface area contributed by atoms with Gasteiger partial charge in [0, 0.05) is 14.1 Å². The standard InChI is InChI=1S/C8H12N4O4/c1-10(2)8(13)16-4-3-11-5-7(9-6-11)12(14)15/h5-6H,3-4H2,1-2H3. The van der Waals surface area contributed by atoms with E-state index in [1.54, 1.807) is 14.1 Å². The predicted molar refractivity (Wildman–Crippen MR) is 53.9 cm³/mol. The molecule has 1 heterocycles. The molecule has 0 radical (unpaired) electrons. The molecule has 1 amide bonds. The molecule has 0 aromatic carbocycles. The van der Waals surface area contributed by atoms with Crippen molar-refractivity contribution < 1.29 is 14.5 Å². The number of rotatable bonds is 4. The van der Waals surface area contributed by atoms with Crippen molar-refractivity contribution in [2.24, 2.45) is 0 Å². The molecule has 0 fully saturated rings. The van der Waals surface area contributed by atoms with Gasteiger partial charge in [0.15, 0.2) is 0 Å². The van der Waals surface area contributed by atoms with Crippen LogP contribution in [0.4, 0.5) is 10.6 Å². The van der Waals surface area contributed by atoms with Gasteiger partial charge in [0.2, 0.25) is 6.33 Å². The summed E-state index contributed by atoms with van der Waals surface area (Å²) in [5, 5.41) is 10.3. The van der Waals surface area contributed by atoms with Crippen molar-refractivity contribution in [3.05, 3.63) is 22.6 Å². The predicted octanol–water partition coefficient (Wildman–Crippen LogP) is 0.489. The van der Waals surface area contributed by atoms with Crippen molar-refractivity contribution in [2.75, 3.05) is 20.7 Å². The first kappa shape index (κ1) is 12.0. The fourth-order valence-electron chi connectivity index (χ4n) is 0.932. The number of carbonyl (C=O) groups excluding carboxylic acids is 1. The zero-order valence-electron chi connectivity index (χ0n) is 8.99. The number of amides is 1. The quantitative estimate of drug-likeness (QED) is 0.552. The normalized spacial score (nSPS) is 9.88. The van der Waals surface area contributed by atoms with E-state index in [1.165, 1.54) is 22.0 Å². The zero-order valence-corrected chi connectivity index (χ0v) is 8.99. The monoisotopic (exact) mass is 228 g/mol. The van der Waals surface area contributed by atoms with E-state index >= 15 is 0 Å². The molecule has 0 unspecified atom stereocenters. The van der Waals surface area contributed by atoms with Crippen molar-refractivity contribution in [3.8, 4) is 0 Å². The van der Waals surface area contributed by atoms with Crippen molar-refractivity contribution in [1.29, 1.82) is 0 Å². The summed E-state index contributed by atoms with van der Waals surface area (Å²) in [6, 6.07) is 0. The lowest BCUT2D eigenvalue weighted by Gasteiger charge is -2.10. The molecule has 1 rings (SSSR count). The third-order valence-electron chi connectivity index (χ3n) is 1.75.